The topological polar surface area (TPSA) is 0 Å². The van der Waals surface area contributed by atoms with E-state index in [1.165, 1.54) is 12.1 Å². The minimum Gasteiger partial charge on any atom is -0.205 e. The van der Waals surface area contributed by atoms with E-state index >= 15 is 0 Å². The lowest BCUT2D eigenvalue weighted by molar-refractivity contribution is 0.151. The highest BCUT2D eigenvalue weighted by Crippen LogP contribution is 2.18. The van der Waals surface area contributed by atoms with E-state index in [1.54, 1.807) is 12.1 Å². The van der Waals surface area contributed by atoms with Gasteiger partial charge in [-0.2, -0.15) is 0 Å². The molecule has 0 fully saturated rings. The Labute approximate surface area is 75.2 Å². The highest BCUT2D eigenvalue weighted by molar-refractivity contribution is 6.17. The minimum absolute atomic E-state index is 0.0633. The summed E-state index contributed by atoms with van der Waals surface area (Å²) in [4.78, 5) is 0. The second kappa shape index (κ2) is 4.41. The van der Waals surface area contributed by atoms with Crippen molar-refractivity contribution in [2.75, 3.05) is 5.88 Å². The average Bonchev–Trinajstić information content (AvgIpc) is 2.06. The van der Waals surface area contributed by atoms with Gasteiger partial charge in [0, 0.05) is 11.4 Å². The van der Waals surface area contributed by atoms with E-state index in [0.717, 1.165) is 12.0 Å². The van der Waals surface area contributed by atoms with E-state index in [9.17, 15) is 8.78 Å². The number of rotatable bonds is 3. The lowest BCUT2D eigenvalue weighted by Gasteiger charge is -2.00. The van der Waals surface area contributed by atoms with Crippen LogP contribution in [0.25, 0.3) is 0 Å². The molecule has 0 aliphatic rings. The summed E-state index contributed by atoms with van der Waals surface area (Å²) in [5.41, 5.74) is 1.06. The van der Waals surface area contributed by atoms with E-state index in [4.69, 9.17) is 11.6 Å². The molecule has 0 atom stereocenters. The average molecular weight is 191 g/mol. The van der Waals surface area contributed by atoms with Crippen molar-refractivity contribution in [3.05, 3.63) is 35.4 Å². The Morgan fingerprint density at radius 1 is 1.17 bits per heavy atom. The summed E-state index contributed by atoms with van der Waals surface area (Å²) in [5.74, 6) is 0.522. The Kier molecular flexibility index (Phi) is 3.48. The summed E-state index contributed by atoms with van der Waals surface area (Å²) in [6.45, 7) is 0. The van der Waals surface area contributed by atoms with Crippen LogP contribution in [0.4, 0.5) is 8.78 Å². The minimum atomic E-state index is -2.38. The molecule has 66 valence electrons. The lowest BCUT2D eigenvalue weighted by atomic mass is 10.1. The highest BCUT2D eigenvalue weighted by Gasteiger charge is 2.04. The molecule has 0 unspecified atom stereocenters. The third kappa shape index (κ3) is 2.45. The van der Waals surface area contributed by atoms with Crippen LogP contribution in [0.5, 0.6) is 0 Å². The summed E-state index contributed by atoms with van der Waals surface area (Å²) >= 11 is 5.49. The number of halogens is 3. The smallest absolute Gasteiger partial charge is 0.205 e. The second-order valence-electron chi connectivity index (χ2n) is 2.48. The van der Waals surface area contributed by atoms with Gasteiger partial charge in [0.2, 0.25) is 0 Å². The van der Waals surface area contributed by atoms with E-state index < -0.39 is 6.43 Å². The normalized spacial score (nSPS) is 10.7. The highest BCUT2D eigenvalue weighted by atomic mass is 35.5. The van der Waals surface area contributed by atoms with Crippen molar-refractivity contribution in [1.29, 1.82) is 0 Å². The molecular weight excluding hydrogens is 182 g/mol. The Morgan fingerprint density at radius 2 is 1.75 bits per heavy atom. The molecule has 0 saturated carbocycles. The molecule has 0 saturated heterocycles. The first-order chi connectivity index (χ1) is 5.74. The van der Waals surface area contributed by atoms with Crippen LogP contribution in [-0.2, 0) is 6.42 Å². The molecule has 1 rings (SSSR count). The molecule has 1 aromatic rings. The van der Waals surface area contributed by atoms with Crippen LogP contribution in [-0.4, -0.2) is 5.88 Å². The summed E-state index contributed by atoms with van der Waals surface area (Å²) < 4.78 is 24.1. The zero-order valence-electron chi connectivity index (χ0n) is 6.43. The van der Waals surface area contributed by atoms with Crippen molar-refractivity contribution in [3.63, 3.8) is 0 Å². The van der Waals surface area contributed by atoms with Crippen molar-refractivity contribution >= 4 is 11.6 Å². The third-order valence-corrected chi connectivity index (χ3v) is 1.80. The van der Waals surface area contributed by atoms with Crippen LogP contribution in [0, 0.1) is 0 Å². The number of alkyl halides is 3. The van der Waals surface area contributed by atoms with Gasteiger partial charge in [0.1, 0.15) is 0 Å². The van der Waals surface area contributed by atoms with E-state index in [2.05, 4.69) is 0 Å². The summed E-state index contributed by atoms with van der Waals surface area (Å²) in [6.07, 6.45) is -1.65. The van der Waals surface area contributed by atoms with Crippen LogP contribution in [0.2, 0.25) is 0 Å². The summed E-state index contributed by atoms with van der Waals surface area (Å²) in [6, 6.07) is 6.24. The van der Waals surface area contributed by atoms with Gasteiger partial charge < -0.3 is 0 Å². The van der Waals surface area contributed by atoms with E-state index in [1.807, 2.05) is 0 Å². The molecule has 0 bridgehead atoms. The zero-order valence-corrected chi connectivity index (χ0v) is 7.19. The van der Waals surface area contributed by atoms with Gasteiger partial charge in [-0.15, -0.1) is 11.6 Å². The monoisotopic (exact) mass is 190 g/mol. The van der Waals surface area contributed by atoms with E-state index in [0.29, 0.717) is 5.88 Å². The van der Waals surface area contributed by atoms with Crippen molar-refractivity contribution in [2.24, 2.45) is 0 Å². The van der Waals surface area contributed by atoms with Gasteiger partial charge in [-0.3, -0.25) is 0 Å². The molecule has 0 radical (unpaired) electrons. The summed E-state index contributed by atoms with van der Waals surface area (Å²) in [5, 5.41) is 0. The van der Waals surface area contributed by atoms with Crippen LogP contribution in [0.1, 0.15) is 17.6 Å². The second-order valence-corrected chi connectivity index (χ2v) is 2.86. The van der Waals surface area contributed by atoms with Crippen LogP contribution >= 0.6 is 11.6 Å². The number of benzene rings is 1. The van der Waals surface area contributed by atoms with Crippen molar-refractivity contribution in [3.8, 4) is 0 Å². The van der Waals surface area contributed by atoms with Gasteiger partial charge in [-0.1, -0.05) is 24.3 Å². The Morgan fingerprint density at radius 3 is 2.17 bits per heavy atom. The third-order valence-electron chi connectivity index (χ3n) is 1.61. The SMILES string of the molecule is FC(F)c1ccc(CCCl)cc1. The van der Waals surface area contributed by atoms with Crippen molar-refractivity contribution in [2.45, 2.75) is 12.8 Å². The first-order valence-electron chi connectivity index (χ1n) is 3.67. The molecule has 0 amide bonds. The fourth-order valence-electron chi connectivity index (χ4n) is 0.939. The predicted molar refractivity (Wildman–Crippen MR) is 45.8 cm³/mol. The number of hydrogen-bond donors (Lipinski definition) is 0. The predicted octanol–water partition coefficient (Wildman–Crippen LogP) is 3.41. The van der Waals surface area contributed by atoms with Gasteiger partial charge >= 0.3 is 0 Å². The molecule has 12 heavy (non-hydrogen) atoms. The Balaban J connectivity index is 2.71. The fourth-order valence-corrected chi connectivity index (χ4v) is 1.16. The molecule has 0 aromatic heterocycles. The summed E-state index contributed by atoms with van der Waals surface area (Å²) in [7, 11) is 0. The van der Waals surface area contributed by atoms with Gasteiger partial charge in [0.05, 0.1) is 0 Å². The van der Waals surface area contributed by atoms with Gasteiger partial charge in [-0.05, 0) is 12.0 Å². The van der Waals surface area contributed by atoms with Crippen LogP contribution < -0.4 is 0 Å². The van der Waals surface area contributed by atoms with Crippen molar-refractivity contribution in [1.82, 2.24) is 0 Å². The van der Waals surface area contributed by atoms with Crippen molar-refractivity contribution < 1.29 is 8.78 Å². The van der Waals surface area contributed by atoms with Gasteiger partial charge in [-0.25, -0.2) is 8.78 Å². The molecular formula is C9H9ClF2. The number of hydrogen-bond acceptors (Lipinski definition) is 0. The molecule has 0 N–H and O–H groups in total. The first kappa shape index (κ1) is 9.46. The molecule has 1 aromatic carbocycles. The lowest BCUT2D eigenvalue weighted by Crippen LogP contribution is -1.88. The molecule has 0 spiro atoms. The van der Waals surface area contributed by atoms with Crippen LogP contribution in [0.3, 0.4) is 0 Å². The zero-order chi connectivity index (χ0) is 8.97. The maximum Gasteiger partial charge on any atom is 0.263 e. The molecule has 0 aliphatic heterocycles. The number of aryl methyl sites for hydroxylation is 1. The molecule has 0 nitrogen and oxygen atoms in total. The molecule has 0 heterocycles. The van der Waals surface area contributed by atoms with Gasteiger partial charge in [0.15, 0.2) is 0 Å². The van der Waals surface area contributed by atoms with Crippen LogP contribution in [0.15, 0.2) is 24.3 Å². The van der Waals surface area contributed by atoms with E-state index in [-0.39, 0.29) is 5.56 Å². The Hall–Kier alpha value is -0.630. The Bertz CT molecular complexity index is 231. The van der Waals surface area contributed by atoms with Gasteiger partial charge in [0.25, 0.3) is 6.43 Å². The molecule has 0 aliphatic carbocycles. The largest absolute Gasteiger partial charge is 0.263 e. The maximum absolute atomic E-state index is 12.1. The fraction of sp³-hybridized carbons (Fsp3) is 0.333. The maximum atomic E-state index is 12.1. The molecule has 3 heteroatoms. The first-order valence-corrected chi connectivity index (χ1v) is 4.20. The quantitative estimate of drug-likeness (QED) is 0.641. The standard InChI is InChI=1S/C9H9ClF2/c10-6-5-7-1-3-8(4-2-7)9(11)12/h1-4,9H,5-6H2.